The second-order valence-corrected chi connectivity index (χ2v) is 7.13. The van der Waals surface area contributed by atoms with Crippen molar-refractivity contribution in [3.05, 3.63) is 40.6 Å². The molecule has 0 bridgehead atoms. The molecule has 1 aliphatic carbocycles. The van der Waals surface area contributed by atoms with E-state index in [0.29, 0.717) is 12.0 Å². The van der Waals surface area contributed by atoms with Gasteiger partial charge in [0.15, 0.2) is 0 Å². The molecule has 0 amide bonds. The Bertz CT molecular complexity index is 711. The zero-order chi connectivity index (χ0) is 17.3. The number of hydrogen-bond acceptors (Lipinski definition) is 4. The van der Waals surface area contributed by atoms with Gasteiger partial charge in [-0.1, -0.05) is 24.6 Å². The van der Waals surface area contributed by atoms with Crippen LogP contribution in [-0.2, 0) is 0 Å². The molecule has 1 aromatic carbocycles. The van der Waals surface area contributed by atoms with E-state index in [1.54, 1.807) is 0 Å². The maximum absolute atomic E-state index is 4.72. The number of aryl methyl sites for hydroxylation is 3. The highest BCUT2D eigenvalue weighted by atomic mass is 15.2. The summed E-state index contributed by atoms with van der Waals surface area (Å²) in [6.45, 7) is 10.7. The topological polar surface area (TPSA) is 49.8 Å². The van der Waals surface area contributed by atoms with E-state index >= 15 is 0 Å². The fourth-order valence-electron chi connectivity index (χ4n) is 3.01. The third-order valence-electron chi connectivity index (χ3n) is 4.66. The summed E-state index contributed by atoms with van der Waals surface area (Å²) in [6, 6.07) is 6.89. The smallest absolute Gasteiger partial charge is 0.225 e. The first-order valence-corrected chi connectivity index (χ1v) is 8.96. The van der Waals surface area contributed by atoms with Crippen LogP contribution < -0.4 is 10.6 Å². The molecule has 1 fully saturated rings. The Morgan fingerprint density at radius 1 is 1.08 bits per heavy atom. The lowest BCUT2D eigenvalue weighted by Gasteiger charge is -2.16. The van der Waals surface area contributed by atoms with Crippen LogP contribution >= 0.6 is 0 Å². The summed E-state index contributed by atoms with van der Waals surface area (Å²) < 4.78 is 0. The number of rotatable bonds is 6. The molecule has 0 unspecified atom stereocenters. The van der Waals surface area contributed by atoms with Crippen LogP contribution in [0.1, 0.15) is 61.4 Å². The summed E-state index contributed by atoms with van der Waals surface area (Å²) in [7, 11) is 0. The normalized spacial score (nSPS) is 15.2. The number of nitrogens with one attached hydrogen (secondary N) is 2. The summed E-state index contributed by atoms with van der Waals surface area (Å²) in [5, 5.41) is 6.95. The molecule has 1 aliphatic rings. The molecule has 1 aromatic heterocycles. The first kappa shape index (κ1) is 16.7. The van der Waals surface area contributed by atoms with Crippen LogP contribution in [0.15, 0.2) is 18.2 Å². The predicted molar refractivity (Wildman–Crippen MR) is 101 cm³/mol. The Hall–Kier alpha value is -2.10. The number of nitrogens with zero attached hydrogens (tertiary/aromatic N) is 2. The summed E-state index contributed by atoms with van der Waals surface area (Å²) in [5.74, 6) is 2.22. The van der Waals surface area contributed by atoms with Crippen LogP contribution in [0.25, 0.3) is 0 Å². The Morgan fingerprint density at radius 3 is 2.33 bits per heavy atom. The van der Waals surface area contributed by atoms with Gasteiger partial charge in [0.05, 0.1) is 5.69 Å². The maximum Gasteiger partial charge on any atom is 0.225 e. The van der Waals surface area contributed by atoms with Crippen LogP contribution in [0, 0.1) is 20.8 Å². The Balaban J connectivity index is 1.92. The first-order chi connectivity index (χ1) is 11.5. The summed E-state index contributed by atoms with van der Waals surface area (Å²) in [4.78, 5) is 9.42. The van der Waals surface area contributed by atoms with E-state index in [1.807, 2.05) is 0 Å². The van der Waals surface area contributed by atoms with Crippen LogP contribution in [0.3, 0.4) is 0 Å². The molecule has 0 spiro atoms. The molecule has 2 N–H and O–H groups in total. The van der Waals surface area contributed by atoms with Crippen molar-refractivity contribution < 1.29 is 0 Å². The second kappa shape index (κ2) is 6.80. The highest BCUT2D eigenvalue weighted by molar-refractivity contribution is 5.66. The summed E-state index contributed by atoms with van der Waals surface area (Å²) in [6.07, 6.45) is 3.53. The molecule has 0 aliphatic heterocycles. The zero-order valence-corrected chi connectivity index (χ0v) is 15.4. The van der Waals surface area contributed by atoms with E-state index in [-0.39, 0.29) is 0 Å². The molecule has 2 aromatic rings. The van der Waals surface area contributed by atoms with E-state index in [1.165, 1.54) is 29.5 Å². The molecule has 24 heavy (non-hydrogen) atoms. The van der Waals surface area contributed by atoms with E-state index in [0.717, 1.165) is 29.6 Å². The lowest BCUT2D eigenvalue weighted by molar-refractivity contribution is 0.750. The molecule has 0 radical (unpaired) electrons. The van der Waals surface area contributed by atoms with Crippen molar-refractivity contribution in [1.29, 1.82) is 0 Å². The van der Waals surface area contributed by atoms with Gasteiger partial charge in [0, 0.05) is 23.7 Å². The molecule has 4 heteroatoms. The SMILES string of the molecule is CC[C@H](C)Nc1nc(Nc2c(C)cc(C)cc2C)cc(C2CC2)n1. The monoisotopic (exact) mass is 324 g/mol. The highest BCUT2D eigenvalue weighted by Gasteiger charge is 2.26. The first-order valence-electron chi connectivity index (χ1n) is 8.96. The van der Waals surface area contributed by atoms with Gasteiger partial charge >= 0.3 is 0 Å². The fourth-order valence-corrected chi connectivity index (χ4v) is 3.01. The van der Waals surface area contributed by atoms with Crippen LogP contribution in [-0.4, -0.2) is 16.0 Å². The van der Waals surface area contributed by atoms with Crippen molar-refractivity contribution in [2.24, 2.45) is 0 Å². The minimum absolute atomic E-state index is 0.371. The van der Waals surface area contributed by atoms with Gasteiger partial charge in [0.25, 0.3) is 0 Å². The van der Waals surface area contributed by atoms with E-state index < -0.39 is 0 Å². The Kier molecular flexibility index (Phi) is 4.74. The number of anilines is 3. The lowest BCUT2D eigenvalue weighted by atomic mass is 10.1. The third-order valence-corrected chi connectivity index (χ3v) is 4.66. The maximum atomic E-state index is 4.72. The summed E-state index contributed by atoms with van der Waals surface area (Å²) in [5.41, 5.74) is 6.08. The zero-order valence-electron chi connectivity index (χ0n) is 15.4. The standard InChI is InChI=1S/C20H28N4/c1-6-15(5)21-20-22-17(16-7-8-16)11-18(24-20)23-19-13(3)9-12(2)10-14(19)4/h9-11,15-16H,6-8H2,1-5H3,(H2,21,22,23,24)/t15-/m0/s1. The molecule has 1 atom stereocenters. The second-order valence-electron chi connectivity index (χ2n) is 7.13. The largest absolute Gasteiger partial charge is 0.352 e. The molecule has 0 saturated heterocycles. The molecular formula is C20H28N4. The minimum atomic E-state index is 0.371. The van der Waals surface area contributed by atoms with Crippen LogP contribution in [0.5, 0.6) is 0 Å². The van der Waals surface area contributed by atoms with Crippen molar-refractivity contribution in [2.45, 2.75) is 65.8 Å². The third kappa shape index (κ3) is 3.86. The molecule has 4 nitrogen and oxygen atoms in total. The van der Waals surface area contributed by atoms with Crippen molar-refractivity contribution in [3.8, 4) is 0 Å². The van der Waals surface area contributed by atoms with Gasteiger partial charge < -0.3 is 10.6 Å². The quantitative estimate of drug-likeness (QED) is 0.763. The number of aromatic nitrogens is 2. The minimum Gasteiger partial charge on any atom is -0.352 e. The lowest BCUT2D eigenvalue weighted by Crippen LogP contribution is -2.16. The van der Waals surface area contributed by atoms with Gasteiger partial charge in [-0.15, -0.1) is 0 Å². The van der Waals surface area contributed by atoms with Gasteiger partial charge in [-0.25, -0.2) is 4.98 Å². The van der Waals surface area contributed by atoms with Crippen molar-refractivity contribution in [2.75, 3.05) is 10.6 Å². The number of benzene rings is 1. The van der Waals surface area contributed by atoms with E-state index in [9.17, 15) is 0 Å². The average Bonchev–Trinajstić information content (AvgIpc) is 3.35. The Morgan fingerprint density at radius 2 is 1.75 bits per heavy atom. The van der Waals surface area contributed by atoms with Crippen LogP contribution in [0.2, 0.25) is 0 Å². The van der Waals surface area contributed by atoms with Crippen LogP contribution in [0.4, 0.5) is 17.5 Å². The van der Waals surface area contributed by atoms with Gasteiger partial charge in [0.1, 0.15) is 5.82 Å². The van der Waals surface area contributed by atoms with Gasteiger partial charge in [-0.2, -0.15) is 4.98 Å². The Labute approximate surface area is 145 Å². The molecular weight excluding hydrogens is 296 g/mol. The fraction of sp³-hybridized carbons (Fsp3) is 0.500. The summed E-state index contributed by atoms with van der Waals surface area (Å²) >= 11 is 0. The predicted octanol–water partition coefficient (Wildman–Crippen LogP) is 5.23. The van der Waals surface area contributed by atoms with E-state index in [4.69, 9.17) is 9.97 Å². The average molecular weight is 324 g/mol. The molecule has 128 valence electrons. The van der Waals surface area contributed by atoms with Gasteiger partial charge in [-0.05, 0) is 58.1 Å². The molecule has 3 rings (SSSR count). The van der Waals surface area contributed by atoms with Crippen molar-refractivity contribution >= 4 is 17.5 Å². The van der Waals surface area contributed by atoms with Crippen molar-refractivity contribution in [3.63, 3.8) is 0 Å². The highest BCUT2D eigenvalue weighted by Crippen LogP contribution is 2.40. The van der Waals surface area contributed by atoms with Gasteiger partial charge in [-0.3, -0.25) is 0 Å². The van der Waals surface area contributed by atoms with Gasteiger partial charge in [0.2, 0.25) is 5.95 Å². The van der Waals surface area contributed by atoms with E-state index in [2.05, 4.69) is 63.5 Å². The molecule has 1 heterocycles. The van der Waals surface area contributed by atoms with Crippen molar-refractivity contribution in [1.82, 2.24) is 9.97 Å². The molecule has 1 saturated carbocycles. The number of hydrogen-bond donors (Lipinski definition) is 2.